The van der Waals surface area contributed by atoms with Crippen LogP contribution in [-0.2, 0) is 0 Å². The normalized spacial score (nSPS) is 20.2. The molecule has 2 aliphatic carbocycles. The van der Waals surface area contributed by atoms with E-state index in [2.05, 4.69) is 74.6 Å². The van der Waals surface area contributed by atoms with Crippen molar-refractivity contribution in [2.45, 2.75) is 20.3 Å². The first-order valence-corrected chi connectivity index (χ1v) is 6.78. The van der Waals surface area contributed by atoms with Gasteiger partial charge >= 0.3 is 0 Å². The van der Waals surface area contributed by atoms with Gasteiger partial charge in [0.25, 0.3) is 0 Å². The maximum Gasteiger partial charge on any atom is -0.00878 e. The lowest BCUT2D eigenvalue weighted by atomic mass is 10.0. The zero-order chi connectivity index (χ0) is 13.2. The summed E-state index contributed by atoms with van der Waals surface area (Å²) in [5.74, 6) is 0. The van der Waals surface area contributed by atoms with Crippen LogP contribution in [0, 0.1) is 0 Å². The van der Waals surface area contributed by atoms with Crippen LogP contribution in [-0.4, -0.2) is 0 Å². The molecule has 0 aliphatic heterocycles. The first-order valence-electron chi connectivity index (χ1n) is 6.78. The Bertz CT molecular complexity index is 647. The van der Waals surface area contributed by atoms with E-state index < -0.39 is 0 Å². The molecule has 0 saturated carbocycles. The van der Waals surface area contributed by atoms with Gasteiger partial charge in [0.15, 0.2) is 0 Å². The van der Waals surface area contributed by atoms with E-state index in [1.165, 1.54) is 33.4 Å². The molecule has 0 atom stereocenters. The van der Waals surface area contributed by atoms with Gasteiger partial charge in [0, 0.05) is 0 Å². The van der Waals surface area contributed by atoms with Crippen LogP contribution in [0.4, 0.5) is 0 Å². The molecule has 0 spiro atoms. The van der Waals surface area contributed by atoms with Gasteiger partial charge in [-0.25, -0.2) is 0 Å². The Morgan fingerprint density at radius 2 is 1.79 bits per heavy atom. The van der Waals surface area contributed by atoms with Gasteiger partial charge in [-0.2, -0.15) is 0 Å². The van der Waals surface area contributed by atoms with E-state index in [1.54, 1.807) is 0 Å². The summed E-state index contributed by atoms with van der Waals surface area (Å²) in [5, 5.41) is 0. The summed E-state index contributed by atoms with van der Waals surface area (Å²) in [6.07, 6.45) is 12.4. The molecule has 0 radical (unpaired) electrons. The van der Waals surface area contributed by atoms with Gasteiger partial charge in [-0.3, -0.25) is 0 Å². The Kier molecular flexibility index (Phi) is 3.08. The fraction of sp³-hybridized carbons (Fsp3) is 0.158. The van der Waals surface area contributed by atoms with Crippen molar-refractivity contribution in [2.75, 3.05) is 0 Å². The van der Waals surface area contributed by atoms with Crippen LogP contribution < -0.4 is 0 Å². The van der Waals surface area contributed by atoms with Gasteiger partial charge < -0.3 is 0 Å². The molecule has 1 aromatic carbocycles. The average Bonchev–Trinajstić information content (AvgIpc) is 3.02. The van der Waals surface area contributed by atoms with E-state index >= 15 is 0 Å². The highest BCUT2D eigenvalue weighted by Gasteiger charge is 2.10. The third kappa shape index (κ3) is 2.39. The van der Waals surface area contributed by atoms with Gasteiger partial charge in [0.2, 0.25) is 0 Å². The summed E-state index contributed by atoms with van der Waals surface area (Å²) in [4.78, 5) is 0. The van der Waals surface area contributed by atoms with Crippen LogP contribution >= 0.6 is 0 Å². The molecular weight excluding hydrogens is 228 g/mol. The summed E-state index contributed by atoms with van der Waals surface area (Å²) >= 11 is 0. The fourth-order valence-corrected chi connectivity index (χ4v) is 2.53. The molecule has 0 heteroatoms. The zero-order valence-electron chi connectivity index (χ0n) is 11.5. The molecule has 0 heterocycles. The summed E-state index contributed by atoms with van der Waals surface area (Å²) in [5.41, 5.74) is 8.17. The van der Waals surface area contributed by atoms with Crippen LogP contribution in [0.2, 0.25) is 0 Å². The summed E-state index contributed by atoms with van der Waals surface area (Å²) < 4.78 is 0. The third-order valence-electron chi connectivity index (χ3n) is 3.88. The van der Waals surface area contributed by atoms with Gasteiger partial charge in [0.05, 0.1) is 0 Å². The van der Waals surface area contributed by atoms with E-state index in [-0.39, 0.29) is 0 Å². The summed E-state index contributed by atoms with van der Waals surface area (Å²) in [6.45, 7) is 4.37. The predicted octanol–water partition coefficient (Wildman–Crippen LogP) is 5.23. The Labute approximate surface area is 115 Å². The number of allylic oxidation sites excluding steroid dienone is 10. The van der Waals surface area contributed by atoms with E-state index in [9.17, 15) is 0 Å². The smallest absolute Gasteiger partial charge is 0.00878 e. The molecule has 0 bridgehead atoms. The SMILES string of the molecule is CC1=C(C)C(=CC2=CC(c3ccccc3)=CC2)C=C1. The van der Waals surface area contributed by atoms with Gasteiger partial charge in [0.1, 0.15) is 0 Å². The minimum absolute atomic E-state index is 1.04. The largest absolute Gasteiger partial charge is 0.0722 e. The van der Waals surface area contributed by atoms with Crippen LogP contribution in [0.1, 0.15) is 25.8 Å². The Morgan fingerprint density at radius 1 is 1.00 bits per heavy atom. The van der Waals surface area contributed by atoms with Crippen molar-refractivity contribution in [3.63, 3.8) is 0 Å². The monoisotopic (exact) mass is 246 g/mol. The lowest BCUT2D eigenvalue weighted by molar-refractivity contribution is 1.30. The van der Waals surface area contributed by atoms with Crippen LogP contribution in [0.3, 0.4) is 0 Å². The first kappa shape index (κ1) is 12.0. The number of hydrogen-bond donors (Lipinski definition) is 0. The minimum Gasteiger partial charge on any atom is -0.0722 e. The topological polar surface area (TPSA) is 0 Å². The molecule has 0 fully saturated rings. The highest BCUT2D eigenvalue weighted by Crippen LogP contribution is 2.30. The lowest BCUT2D eigenvalue weighted by Crippen LogP contribution is -1.81. The second-order valence-corrected chi connectivity index (χ2v) is 5.19. The molecule has 0 N–H and O–H groups in total. The average molecular weight is 246 g/mol. The van der Waals surface area contributed by atoms with Crippen LogP contribution in [0.15, 0.2) is 83.0 Å². The lowest BCUT2D eigenvalue weighted by Gasteiger charge is -2.00. The van der Waals surface area contributed by atoms with Crippen LogP contribution in [0.25, 0.3) is 5.57 Å². The highest BCUT2D eigenvalue weighted by molar-refractivity contribution is 5.78. The molecule has 0 aromatic heterocycles. The maximum absolute atomic E-state index is 2.31. The molecule has 3 rings (SSSR count). The summed E-state index contributed by atoms with van der Waals surface area (Å²) in [6, 6.07) is 10.6. The Balaban J connectivity index is 1.84. The second-order valence-electron chi connectivity index (χ2n) is 5.19. The number of hydrogen-bond acceptors (Lipinski definition) is 0. The molecular formula is C19H18. The van der Waals surface area contributed by atoms with Crippen molar-refractivity contribution in [2.24, 2.45) is 0 Å². The molecule has 19 heavy (non-hydrogen) atoms. The number of rotatable bonds is 2. The van der Waals surface area contributed by atoms with E-state index in [0.29, 0.717) is 0 Å². The molecule has 0 amide bonds. The van der Waals surface area contributed by atoms with E-state index in [1.807, 2.05) is 0 Å². The third-order valence-corrected chi connectivity index (χ3v) is 3.88. The molecule has 0 nitrogen and oxygen atoms in total. The van der Waals surface area contributed by atoms with Crippen LogP contribution in [0.5, 0.6) is 0 Å². The Morgan fingerprint density at radius 3 is 2.47 bits per heavy atom. The van der Waals surface area contributed by atoms with Crippen molar-refractivity contribution in [1.82, 2.24) is 0 Å². The van der Waals surface area contributed by atoms with Gasteiger partial charge in [-0.05, 0) is 53.7 Å². The van der Waals surface area contributed by atoms with Gasteiger partial charge in [-0.1, -0.05) is 60.7 Å². The highest BCUT2D eigenvalue weighted by atomic mass is 14.1. The fourth-order valence-electron chi connectivity index (χ4n) is 2.53. The second kappa shape index (κ2) is 4.89. The van der Waals surface area contributed by atoms with Gasteiger partial charge in [-0.15, -0.1) is 0 Å². The van der Waals surface area contributed by atoms with Crippen molar-refractivity contribution < 1.29 is 0 Å². The molecule has 1 aromatic rings. The standard InChI is InChI=1S/C19H18/c1-14-8-10-18(15(14)2)12-16-9-11-19(13-16)17-6-4-3-5-7-17/h3-8,10-13H,9H2,1-2H3. The van der Waals surface area contributed by atoms with Crippen molar-refractivity contribution in [3.05, 3.63) is 88.6 Å². The predicted molar refractivity (Wildman–Crippen MR) is 82.7 cm³/mol. The van der Waals surface area contributed by atoms with E-state index in [4.69, 9.17) is 0 Å². The quantitative estimate of drug-likeness (QED) is 0.670. The summed E-state index contributed by atoms with van der Waals surface area (Å²) in [7, 11) is 0. The van der Waals surface area contributed by atoms with Crippen molar-refractivity contribution >= 4 is 5.57 Å². The van der Waals surface area contributed by atoms with Crippen molar-refractivity contribution in [1.29, 1.82) is 0 Å². The molecule has 0 unspecified atom stereocenters. The first-order chi connectivity index (χ1) is 9.24. The number of benzene rings is 1. The van der Waals surface area contributed by atoms with Crippen molar-refractivity contribution in [3.8, 4) is 0 Å². The minimum atomic E-state index is 1.04. The zero-order valence-corrected chi connectivity index (χ0v) is 11.5. The molecule has 94 valence electrons. The van der Waals surface area contributed by atoms with E-state index in [0.717, 1.165) is 6.42 Å². The Hall–Kier alpha value is -2.08. The maximum atomic E-state index is 2.31. The molecule has 0 saturated heterocycles. The molecule has 2 aliphatic rings.